The molecule has 0 aliphatic heterocycles. The van der Waals surface area contributed by atoms with Crippen molar-refractivity contribution in [3.63, 3.8) is 0 Å². The fourth-order valence-corrected chi connectivity index (χ4v) is 2.47. The lowest BCUT2D eigenvalue weighted by Crippen LogP contribution is -2.04. The highest BCUT2D eigenvalue weighted by Gasteiger charge is 2.12. The molecule has 0 fully saturated rings. The quantitative estimate of drug-likeness (QED) is 0.895. The maximum Gasteiger partial charge on any atom is 0.149 e. The molecule has 3 heteroatoms. The molecule has 0 aromatic heterocycles. The normalized spacial score (nSPS) is 10.7. The molecule has 0 amide bonds. The second-order valence-electron chi connectivity index (χ2n) is 5.07. The number of nitrogens with two attached hydrogens (primary N) is 1. The van der Waals surface area contributed by atoms with Gasteiger partial charge in [0.1, 0.15) is 11.5 Å². The Hall–Kier alpha value is -1.51. The molecule has 0 spiro atoms. The number of benzene rings is 2. The van der Waals surface area contributed by atoms with Gasteiger partial charge in [-0.05, 0) is 68.1 Å². The molecule has 0 bridgehead atoms. The third-order valence-corrected chi connectivity index (χ3v) is 3.74. The molecule has 0 aliphatic carbocycles. The van der Waals surface area contributed by atoms with Gasteiger partial charge in [0.2, 0.25) is 0 Å². The van der Waals surface area contributed by atoms with Crippen LogP contribution in [0.25, 0.3) is 0 Å². The second-order valence-corrected chi connectivity index (χ2v) is 5.48. The largest absolute Gasteiger partial charge is 0.455 e. The summed E-state index contributed by atoms with van der Waals surface area (Å²) < 4.78 is 6.10. The molecule has 106 valence electrons. The van der Waals surface area contributed by atoms with Gasteiger partial charge in [0, 0.05) is 0 Å². The number of hydrogen-bond donors (Lipinski definition) is 1. The fourth-order valence-electron chi connectivity index (χ4n) is 2.24. The lowest BCUT2D eigenvalue weighted by Gasteiger charge is -2.16. The zero-order valence-electron chi connectivity index (χ0n) is 12.2. The molecule has 2 rings (SSSR count). The van der Waals surface area contributed by atoms with Gasteiger partial charge in [-0.25, -0.2) is 0 Å². The summed E-state index contributed by atoms with van der Waals surface area (Å²) in [5.74, 6) is 1.57. The Balaban J connectivity index is 2.44. The van der Waals surface area contributed by atoms with E-state index < -0.39 is 0 Å². The number of para-hydroxylation sites is 1. The third-order valence-electron chi connectivity index (χ3n) is 3.44. The Kier molecular flexibility index (Phi) is 4.69. The van der Waals surface area contributed by atoms with Crippen molar-refractivity contribution in [2.24, 2.45) is 5.73 Å². The van der Waals surface area contributed by atoms with E-state index in [1.807, 2.05) is 24.3 Å². The fraction of sp³-hybridized carbons (Fsp3) is 0.294. The molecule has 0 saturated carbocycles. The van der Waals surface area contributed by atoms with E-state index in [4.69, 9.17) is 22.1 Å². The van der Waals surface area contributed by atoms with E-state index in [2.05, 4.69) is 26.8 Å². The Labute approximate surface area is 125 Å². The number of aryl methyl sites for hydroxylation is 2. The predicted octanol–water partition coefficient (Wildman–Crippen LogP) is 4.56. The van der Waals surface area contributed by atoms with Crippen LogP contribution < -0.4 is 10.5 Å². The van der Waals surface area contributed by atoms with E-state index in [1.54, 1.807) is 0 Å². The molecular weight excluding hydrogens is 270 g/mol. The molecule has 0 unspecified atom stereocenters. The van der Waals surface area contributed by atoms with E-state index in [9.17, 15) is 0 Å². The maximum atomic E-state index is 6.28. The van der Waals surface area contributed by atoms with Crippen molar-refractivity contribution in [3.05, 3.63) is 57.6 Å². The molecule has 2 aromatic carbocycles. The van der Waals surface area contributed by atoms with E-state index >= 15 is 0 Å². The monoisotopic (exact) mass is 289 g/mol. The highest BCUT2D eigenvalue weighted by Crippen LogP contribution is 2.35. The van der Waals surface area contributed by atoms with Gasteiger partial charge in [-0.1, -0.05) is 29.8 Å². The van der Waals surface area contributed by atoms with Crippen molar-refractivity contribution in [2.45, 2.75) is 27.2 Å². The van der Waals surface area contributed by atoms with Crippen molar-refractivity contribution in [2.75, 3.05) is 6.54 Å². The molecule has 2 nitrogen and oxygen atoms in total. The molecular formula is C17H20ClNO. The van der Waals surface area contributed by atoms with Crippen molar-refractivity contribution in [1.29, 1.82) is 0 Å². The first-order valence-electron chi connectivity index (χ1n) is 6.76. The van der Waals surface area contributed by atoms with Gasteiger partial charge in [-0.15, -0.1) is 0 Å². The van der Waals surface area contributed by atoms with Crippen LogP contribution in [-0.4, -0.2) is 6.54 Å². The zero-order chi connectivity index (χ0) is 14.7. The lowest BCUT2D eigenvalue weighted by atomic mass is 10.1. The maximum absolute atomic E-state index is 6.28. The smallest absolute Gasteiger partial charge is 0.149 e. The van der Waals surface area contributed by atoms with E-state index in [0.717, 1.165) is 23.3 Å². The minimum atomic E-state index is 0.572. The van der Waals surface area contributed by atoms with Gasteiger partial charge in [0.05, 0.1) is 5.02 Å². The molecule has 0 aliphatic rings. The van der Waals surface area contributed by atoms with Crippen LogP contribution in [0.1, 0.15) is 22.3 Å². The Morgan fingerprint density at radius 3 is 2.60 bits per heavy atom. The first-order chi connectivity index (χ1) is 9.52. The first-order valence-corrected chi connectivity index (χ1v) is 7.14. The SMILES string of the molecule is Cc1cc(C)c(C)c(Oc2c(Cl)cccc2CCN)c1. The lowest BCUT2D eigenvalue weighted by molar-refractivity contribution is 0.472. The molecule has 0 saturated heterocycles. The summed E-state index contributed by atoms with van der Waals surface area (Å²) in [4.78, 5) is 0. The van der Waals surface area contributed by atoms with Crippen molar-refractivity contribution in [1.82, 2.24) is 0 Å². The van der Waals surface area contributed by atoms with Crippen LogP contribution in [0.15, 0.2) is 30.3 Å². The molecule has 0 radical (unpaired) electrons. The molecule has 0 heterocycles. The van der Waals surface area contributed by atoms with Gasteiger partial charge in [0.15, 0.2) is 0 Å². The number of rotatable bonds is 4. The van der Waals surface area contributed by atoms with Crippen LogP contribution in [0, 0.1) is 20.8 Å². The molecule has 2 N–H and O–H groups in total. The summed E-state index contributed by atoms with van der Waals surface area (Å²) in [5, 5.41) is 0.620. The zero-order valence-corrected chi connectivity index (χ0v) is 12.9. The first kappa shape index (κ1) is 14.9. The summed E-state index contributed by atoms with van der Waals surface area (Å²) in [6.45, 7) is 6.78. The third kappa shape index (κ3) is 3.14. The van der Waals surface area contributed by atoms with Crippen LogP contribution in [0.5, 0.6) is 11.5 Å². The minimum absolute atomic E-state index is 0.572. The van der Waals surface area contributed by atoms with Crippen molar-refractivity contribution < 1.29 is 4.74 Å². The van der Waals surface area contributed by atoms with Crippen molar-refractivity contribution >= 4 is 11.6 Å². The number of hydrogen-bond acceptors (Lipinski definition) is 2. The number of halogens is 1. The van der Waals surface area contributed by atoms with Gasteiger partial charge in [-0.3, -0.25) is 0 Å². The molecule has 20 heavy (non-hydrogen) atoms. The van der Waals surface area contributed by atoms with Crippen LogP contribution in [0.4, 0.5) is 0 Å². The van der Waals surface area contributed by atoms with E-state index in [-0.39, 0.29) is 0 Å². The Morgan fingerprint density at radius 2 is 1.90 bits per heavy atom. The van der Waals surface area contributed by atoms with Gasteiger partial charge < -0.3 is 10.5 Å². The average molecular weight is 290 g/mol. The highest BCUT2D eigenvalue weighted by atomic mass is 35.5. The standard InChI is InChI=1S/C17H20ClNO/c1-11-9-12(2)13(3)16(10-11)20-17-14(7-8-19)5-4-6-15(17)18/h4-6,9-10H,7-8,19H2,1-3H3. The van der Waals surface area contributed by atoms with Crippen LogP contribution >= 0.6 is 11.6 Å². The van der Waals surface area contributed by atoms with Crippen molar-refractivity contribution in [3.8, 4) is 11.5 Å². The topological polar surface area (TPSA) is 35.2 Å². The minimum Gasteiger partial charge on any atom is -0.455 e. The highest BCUT2D eigenvalue weighted by molar-refractivity contribution is 6.32. The van der Waals surface area contributed by atoms with Crippen LogP contribution in [-0.2, 0) is 6.42 Å². The van der Waals surface area contributed by atoms with Crippen LogP contribution in [0.3, 0.4) is 0 Å². The summed E-state index contributed by atoms with van der Waals surface area (Å²) >= 11 is 6.28. The Morgan fingerprint density at radius 1 is 1.15 bits per heavy atom. The Bertz CT molecular complexity index is 623. The van der Waals surface area contributed by atoms with Gasteiger partial charge >= 0.3 is 0 Å². The van der Waals surface area contributed by atoms with E-state index in [0.29, 0.717) is 17.3 Å². The summed E-state index contributed by atoms with van der Waals surface area (Å²) in [5.41, 5.74) is 10.2. The second kappa shape index (κ2) is 6.29. The average Bonchev–Trinajstić information content (AvgIpc) is 2.39. The van der Waals surface area contributed by atoms with E-state index in [1.165, 1.54) is 11.1 Å². The van der Waals surface area contributed by atoms with Crippen LogP contribution in [0.2, 0.25) is 5.02 Å². The summed E-state index contributed by atoms with van der Waals surface area (Å²) in [7, 11) is 0. The summed E-state index contributed by atoms with van der Waals surface area (Å²) in [6.07, 6.45) is 0.750. The van der Waals surface area contributed by atoms with Gasteiger partial charge in [-0.2, -0.15) is 0 Å². The number of ether oxygens (including phenoxy) is 1. The van der Waals surface area contributed by atoms with Gasteiger partial charge in [0.25, 0.3) is 0 Å². The summed E-state index contributed by atoms with van der Waals surface area (Å²) in [6, 6.07) is 9.96. The molecule has 2 aromatic rings. The predicted molar refractivity (Wildman–Crippen MR) is 84.9 cm³/mol. The molecule has 0 atom stereocenters.